The van der Waals surface area contributed by atoms with E-state index in [0.717, 1.165) is 6.92 Å². The van der Waals surface area contributed by atoms with Crippen LogP contribution in [0.25, 0.3) is 0 Å². The number of carbonyl (C=O) groups excluding carboxylic acids is 1. The topological polar surface area (TPSA) is 164 Å². The summed E-state index contributed by atoms with van der Waals surface area (Å²) in [7, 11) is -4.35. The van der Waals surface area contributed by atoms with Crippen LogP contribution in [-0.4, -0.2) is 57.3 Å². The van der Waals surface area contributed by atoms with E-state index in [-0.39, 0.29) is 5.75 Å². The summed E-state index contributed by atoms with van der Waals surface area (Å²) in [6.07, 6.45) is -5.04. The number of nitrogens with one attached hydrogen (secondary N) is 1. The molecule has 2 heterocycles. The number of hydrogen-bond acceptors (Lipinski definition) is 10. The van der Waals surface area contributed by atoms with E-state index >= 15 is 4.39 Å². The van der Waals surface area contributed by atoms with Gasteiger partial charge in [-0.15, -0.1) is 0 Å². The molecule has 0 bridgehead atoms. The molecular weight excluding hydrogens is 517 g/mol. The van der Waals surface area contributed by atoms with E-state index in [1.54, 1.807) is 32.0 Å². The number of anilines is 1. The van der Waals surface area contributed by atoms with Gasteiger partial charge in [-0.25, -0.2) is 18.1 Å². The van der Waals surface area contributed by atoms with Gasteiger partial charge in [0.2, 0.25) is 0 Å². The number of rotatable bonds is 10. The van der Waals surface area contributed by atoms with Crippen LogP contribution < -0.4 is 21.0 Å². The van der Waals surface area contributed by atoms with E-state index < -0.39 is 73.9 Å². The van der Waals surface area contributed by atoms with Crippen molar-refractivity contribution in [3.8, 4) is 5.75 Å². The summed E-state index contributed by atoms with van der Waals surface area (Å²) < 4.78 is 65.0. The minimum absolute atomic E-state index is 0.124. The number of hydrogen-bond donors (Lipinski definition) is 3. The summed E-state index contributed by atoms with van der Waals surface area (Å²) in [5.41, 5.74) is 1.54. The highest BCUT2D eigenvalue weighted by Gasteiger charge is 2.56. The van der Waals surface area contributed by atoms with Crippen LogP contribution >= 0.6 is 7.75 Å². The highest BCUT2D eigenvalue weighted by Crippen LogP contribution is 2.47. The van der Waals surface area contributed by atoms with Gasteiger partial charge in [-0.05, 0) is 39.8 Å². The van der Waals surface area contributed by atoms with Gasteiger partial charge in [0, 0.05) is 0 Å². The molecule has 4 N–H and O–H groups in total. The van der Waals surface area contributed by atoms with Gasteiger partial charge in [-0.3, -0.25) is 13.9 Å². The Bertz CT molecular complexity index is 1210. The molecule has 1 unspecified atom stereocenters. The molecule has 2 aromatic rings. The Morgan fingerprint density at radius 2 is 2.00 bits per heavy atom. The summed E-state index contributed by atoms with van der Waals surface area (Å²) in [5.74, 6) is -2.39. The average Bonchev–Trinajstić information content (AvgIpc) is 3.03. The molecule has 1 aliphatic rings. The van der Waals surface area contributed by atoms with Crippen LogP contribution in [-0.2, 0) is 23.4 Å². The monoisotopic (exact) mass is 546 g/mol. The summed E-state index contributed by atoms with van der Waals surface area (Å²) in [4.78, 5) is 27.7. The van der Waals surface area contributed by atoms with Gasteiger partial charge in [0.05, 0.1) is 18.9 Å². The van der Waals surface area contributed by atoms with E-state index in [1.165, 1.54) is 19.1 Å². The number of para-hydroxylation sites is 1. The summed E-state index contributed by atoms with van der Waals surface area (Å²) in [6, 6.07) is 6.73. The van der Waals surface area contributed by atoms with Gasteiger partial charge >= 0.3 is 19.4 Å². The first-order chi connectivity index (χ1) is 17.2. The Hall–Kier alpha value is -2.90. The number of aliphatic hydroxyl groups is 1. The molecule has 0 aliphatic carbocycles. The zero-order valence-corrected chi connectivity index (χ0v) is 21.4. The lowest BCUT2D eigenvalue weighted by Crippen LogP contribution is -2.43. The second-order valence-electron chi connectivity index (χ2n) is 8.82. The summed E-state index contributed by atoms with van der Waals surface area (Å²) in [5, 5.41) is 13.0. The number of nitrogens with two attached hydrogens (primary N) is 1. The van der Waals surface area contributed by atoms with Crippen LogP contribution in [0.5, 0.6) is 5.75 Å². The third kappa shape index (κ3) is 6.70. The van der Waals surface area contributed by atoms with Gasteiger partial charge in [-0.2, -0.15) is 10.1 Å². The standard InChI is InChI=1S/C22H29F2N4O8P/c1-12(2)34-19(30)13(3)27-37(32,36-14-8-6-5-7-9-14)33-11-16-17(29)22(4,24)20(35-16)28-10-15(23)18(25)26-21(28)31/h5-10,12-13,16-17,20,29H,11H2,1-4H3,(H,27,32)(H2,25,26,31)/t13-,16+,17?,20+,22+,37-/m0/s1. The third-order valence-electron chi connectivity index (χ3n) is 5.34. The van der Waals surface area contributed by atoms with Crippen LogP contribution in [0.15, 0.2) is 41.3 Å². The number of carbonyl (C=O) groups is 1. The third-order valence-corrected chi connectivity index (χ3v) is 6.98. The summed E-state index contributed by atoms with van der Waals surface area (Å²) in [6.45, 7) is 4.88. The van der Waals surface area contributed by atoms with Crippen molar-refractivity contribution in [2.45, 2.75) is 63.9 Å². The number of esters is 1. The summed E-state index contributed by atoms with van der Waals surface area (Å²) >= 11 is 0. The maximum atomic E-state index is 15.5. The lowest BCUT2D eigenvalue weighted by molar-refractivity contribution is -0.149. The van der Waals surface area contributed by atoms with E-state index in [0.29, 0.717) is 10.8 Å². The molecule has 0 saturated carbocycles. The van der Waals surface area contributed by atoms with Crippen molar-refractivity contribution >= 4 is 19.5 Å². The fraction of sp³-hybridized carbons (Fsp3) is 0.500. The minimum atomic E-state index is -4.35. The van der Waals surface area contributed by atoms with Crippen LogP contribution in [0.4, 0.5) is 14.6 Å². The molecule has 12 nitrogen and oxygen atoms in total. The zero-order valence-electron chi connectivity index (χ0n) is 20.5. The number of aliphatic hydroxyl groups excluding tert-OH is 1. The van der Waals surface area contributed by atoms with Gasteiger partial charge < -0.3 is 24.8 Å². The van der Waals surface area contributed by atoms with Crippen LogP contribution in [0.3, 0.4) is 0 Å². The molecule has 3 rings (SSSR count). The lowest BCUT2D eigenvalue weighted by atomic mass is 9.98. The highest BCUT2D eigenvalue weighted by molar-refractivity contribution is 7.52. The van der Waals surface area contributed by atoms with E-state index in [4.69, 9.17) is 24.3 Å². The predicted octanol–water partition coefficient (Wildman–Crippen LogP) is 2.08. The molecule has 6 atom stereocenters. The Labute approximate surface area is 211 Å². The Kier molecular flexibility index (Phi) is 8.70. The van der Waals surface area contributed by atoms with Crippen molar-refractivity contribution in [2.24, 2.45) is 0 Å². The maximum absolute atomic E-state index is 15.5. The van der Waals surface area contributed by atoms with Gasteiger partial charge in [0.25, 0.3) is 0 Å². The molecule has 0 spiro atoms. The first kappa shape index (κ1) is 28.7. The largest absolute Gasteiger partial charge is 0.462 e. The van der Waals surface area contributed by atoms with Crippen LogP contribution in [0.1, 0.15) is 33.9 Å². The number of benzene rings is 1. The Morgan fingerprint density at radius 3 is 2.62 bits per heavy atom. The Balaban J connectivity index is 1.81. The number of aromatic nitrogens is 2. The van der Waals surface area contributed by atoms with Crippen molar-refractivity contribution in [3.05, 3.63) is 52.8 Å². The molecule has 204 valence electrons. The van der Waals surface area contributed by atoms with E-state index in [1.807, 2.05) is 0 Å². The van der Waals surface area contributed by atoms with Gasteiger partial charge in [0.1, 0.15) is 24.0 Å². The molecule has 37 heavy (non-hydrogen) atoms. The van der Waals surface area contributed by atoms with Crippen LogP contribution in [0.2, 0.25) is 0 Å². The maximum Gasteiger partial charge on any atom is 0.459 e. The Morgan fingerprint density at radius 1 is 1.35 bits per heavy atom. The SMILES string of the molecule is CC(C)OC(=O)[C@H](C)N[P@](=O)(OC[C@H]1O[C@@H](n2cc(F)c(N)nc2=O)[C@](C)(F)C1O)Oc1ccccc1. The highest BCUT2D eigenvalue weighted by atomic mass is 31.2. The second kappa shape index (κ2) is 11.2. The molecule has 0 radical (unpaired) electrons. The van der Waals surface area contributed by atoms with Crippen molar-refractivity contribution in [2.75, 3.05) is 12.3 Å². The normalized spacial score (nSPS) is 26.0. The first-order valence-electron chi connectivity index (χ1n) is 11.3. The molecule has 1 aromatic heterocycles. The quantitative estimate of drug-likeness (QED) is 0.295. The minimum Gasteiger partial charge on any atom is -0.462 e. The molecule has 1 saturated heterocycles. The fourth-order valence-corrected chi connectivity index (χ4v) is 4.98. The number of ether oxygens (including phenoxy) is 2. The predicted molar refractivity (Wildman–Crippen MR) is 127 cm³/mol. The lowest BCUT2D eigenvalue weighted by Gasteiger charge is -2.25. The number of halogens is 2. The second-order valence-corrected chi connectivity index (χ2v) is 10.5. The molecule has 1 fully saturated rings. The van der Waals surface area contributed by atoms with Gasteiger partial charge in [-0.1, -0.05) is 18.2 Å². The van der Waals surface area contributed by atoms with Crippen molar-refractivity contribution < 1.29 is 41.8 Å². The van der Waals surface area contributed by atoms with Crippen molar-refractivity contribution in [3.63, 3.8) is 0 Å². The average molecular weight is 546 g/mol. The smallest absolute Gasteiger partial charge is 0.459 e. The zero-order chi connectivity index (χ0) is 27.5. The number of alkyl halides is 1. The van der Waals surface area contributed by atoms with Gasteiger partial charge in [0.15, 0.2) is 23.5 Å². The van der Waals surface area contributed by atoms with Crippen LogP contribution in [0, 0.1) is 5.82 Å². The molecule has 15 heteroatoms. The number of nitrogen functional groups attached to an aromatic ring is 1. The molecule has 1 aromatic carbocycles. The van der Waals surface area contributed by atoms with E-state index in [2.05, 4.69) is 10.1 Å². The van der Waals surface area contributed by atoms with E-state index in [9.17, 15) is 23.7 Å². The molecule has 1 aliphatic heterocycles. The fourth-order valence-electron chi connectivity index (χ4n) is 3.48. The molecular formula is C22H29F2N4O8P. The molecule has 0 amide bonds. The first-order valence-corrected chi connectivity index (χ1v) is 12.8. The van der Waals surface area contributed by atoms with Crippen molar-refractivity contribution in [1.29, 1.82) is 0 Å². The number of nitrogens with zero attached hydrogens (tertiary/aromatic N) is 2. The van der Waals surface area contributed by atoms with Crippen molar-refractivity contribution in [1.82, 2.24) is 14.6 Å².